The summed E-state index contributed by atoms with van der Waals surface area (Å²) in [7, 11) is 12.5. The van der Waals surface area contributed by atoms with Crippen LogP contribution >= 0.6 is 0 Å². The van der Waals surface area contributed by atoms with E-state index in [9.17, 15) is 0 Å². The molecule has 9 rings (SSSR count). The second-order valence-electron chi connectivity index (χ2n) is 14.2. The van der Waals surface area contributed by atoms with Crippen LogP contribution in [0.25, 0.3) is 22.1 Å². The van der Waals surface area contributed by atoms with E-state index in [-0.39, 0.29) is 6.29 Å². The highest BCUT2D eigenvalue weighted by Crippen LogP contribution is 2.39. The minimum absolute atomic E-state index is 0.000759. The number of nitrogens with one attached hydrogen (secondary N) is 1. The summed E-state index contributed by atoms with van der Waals surface area (Å²) >= 11 is 0. The van der Waals surface area contributed by atoms with Crippen LogP contribution in [-0.2, 0) is 28.2 Å². The van der Waals surface area contributed by atoms with Crippen molar-refractivity contribution < 1.29 is 0 Å². The number of fused-ring (bicyclic) bond motifs is 3. The number of benzene rings is 6. The van der Waals surface area contributed by atoms with E-state index in [1.54, 1.807) is 0 Å². The Labute approximate surface area is 320 Å². The maximum Gasteiger partial charge on any atom is 0.210 e. The number of aryl methyl sites for hydroxylation is 4. The molecule has 0 amide bonds. The molecule has 0 fully saturated rings. The van der Waals surface area contributed by atoms with E-state index in [2.05, 4.69) is 226 Å². The van der Waals surface area contributed by atoms with Gasteiger partial charge in [0.2, 0.25) is 11.2 Å². The first-order valence-electron chi connectivity index (χ1n) is 18.5. The third-order valence-corrected chi connectivity index (χ3v) is 10.9. The molecule has 0 saturated carbocycles. The van der Waals surface area contributed by atoms with Gasteiger partial charge in [-0.2, -0.15) is 0 Å². The molecule has 0 unspecified atom stereocenters. The molecule has 274 valence electrons. The van der Waals surface area contributed by atoms with Crippen LogP contribution in [0.2, 0.25) is 0 Å². The predicted molar refractivity (Wildman–Crippen MR) is 226 cm³/mol. The van der Waals surface area contributed by atoms with Crippen molar-refractivity contribution in [3.8, 4) is 0 Å². The highest BCUT2D eigenvalue weighted by atomic mass is 15.5. The number of imidazole rings is 2. The summed E-state index contributed by atoms with van der Waals surface area (Å²) in [5.41, 5.74) is 14.6. The average Bonchev–Trinajstić information content (AvgIpc) is 3.72. The zero-order chi connectivity index (χ0) is 37.8. The van der Waals surface area contributed by atoms with E-state index in [4.69, 9.17) is 9.98 Å². The van der Waals surface area contributed by atoms with Gasteiger partial charge in [-0.05, 0) is 109 Å². The molecular weight excluding hydrogens is 681 g/mol. The molecule has 1 aliphatic rings. The lowest BCUT2D eigenvalue weighted by atomic mass is 10.1. The summed E-state index contributed by atoms with van der Waals surface area (Å²) < 4.78 is 8.54. The molecule has 0 saturated heterocycles. The standard InChI is InChI=1S/C45H44N10/c1-49-37-13-7-8-14-38(37)50(2)43(49)46-31-19-25-34(26-20-31)55(35-27-21-32(22-28-35)47-44-51(3)39-15-9-10-16-40(39)52(44)4)36-29-23-33(24-30-36)48-45-53(5)41-17-11-12-18-42(41)54(45)6/h7-30,43,46H,1-6H3. The Hall–Kier alpha value is -6.94. The molecule has 0 radical (unpaired) electrons. The van der Waals surface area contributed by atoms with Gasteiger partial charge >= 0.3 is 0 Å². The summed E-state index contributed by atoms with van der Waals surface area (Å²) in [5, 5.41) is 3.73. The second-order valence-corrected chi connectivity index (χ2v) is 14.2. The number of para-hydroxylation sites is 6. The first kappa shape index (κ1) is 33.9. The number of hydrogen-bond donors (Lipinski definition) is 1. The molecule has 1 N–H and O–H groups in total. The predicted octanol–water partition coefficient (Wildman–Crippen LogP) is 8.56. The number of hydrogen-bond acceptors (Lipinski definition) is 6. The van der Waals surface area contributed by atoms with Gasteiger partial charge in [-0.3, -0.25) is 0 Å². The minimum Gasteiger partial charge on any atom is -0.348 e. The molecule has 0 spiro atoms. The van der Waals surface area contributed by atoms with Crippen LogP contribution in [0.3, 0.4) is 0 Å². The van der Waals surface area contributed by atoms with Crippen LogP contribution < -0.4 is 31.3 Å². The van der Waals surface area contributed by atoms with Gasteiger partial charge in [0.1, 0.15) is 0 Å². The number of rotatable bonds is 7. The second kappa shape index (κ2) is 13.5. The number of anilines is 6. The monoisotopic (exact) mass is 724 g/mol. The molecule has 0 atom stereocenters. The molecule has 0 bridgehead atoms. The van der Waals surface area contributed by atoms with E-state index >= 15 is 0 Å². The topological polar surface area (TPSA) is 66.2 Å². The van der Waals surface area contributed by atoms with Gasteiger partial charge in [-0.15, -0.1) is 0 Å². The Kier molecular flexibility index (Phi) is 8.30. The highest BCUT2D eigenvalue weighted by Gasteiger charge is 2.30. The zero-order valence-corrected chi connectivity index (χ0v) is 32.0. The van der Waals surface area contributed by atoms with Crippen molar-refractivity contribution in [2.45, 2.75) is 6.29 Å². The van der Waals surface area contributed by atoms with Crippen molar-refractivity contribution in [2.24, 2.45) is 38.2 Å². The SMILES string of the molecule is CN1c2ccccc2N(C)C1Nc1ccc(N(c2ccc(N=c3n(C)c4ccccc4n3C)cc2)c2ccc(N=c3n(C)c4ccccc4n3C)cc2)cc1. The van der Waals surface area contributed by atoms with Gasteiger partial charge in [0, 0.05) is 65.0 Å². The molecule has 3 heterocycles. The van der Waals surface area contributed by atoms with Gasteiger partial charge in [-0.1, -0.05) is 36.4 Å². The fourth-order valence-electron chi connectivity index (χ4n) is 7.91. The van der Waals surface area contributed by atoms with Gasteiger partial charge in [0.05, 0.1) is 44.8 Å². The van der Waals surface area contributed by atoms with Crippen LogP contribution in [0.1, 0.15) is 0 Å². The van der Waals surface area contributed by atoms with Crippen LogP contribution in [-0.4, -0.2) is 38.7 Å². The third kappa shape index (κ3) is 5.83. The van der Waals surface area contributed by atoms with E-state index in [1.807, 2.05) is 0 Å². The summed E-state index contributed by atoms with van der Waals surface area (Å²) in [4.78, 5) is 16.9. The first-order chi connectivity index (χ1) is 26.8. The molecule has 0 aliphatic carbocycles. The van der Waals surface area contributed by atoms with Crippen molar-refractivity contribution in [2.75, 3.05) is 34.1 Å². The molecule has 1 aliphatic heterocycles. The van der Waals surface area contributed by atoms with Crippen molar-refractivity contribution in [3.63, 3.8) is 0 Å². The lowest BCUT2D eigenvalue weighted by molar-refractivity contribution is 0.724. The zero-order valence-electron chi connectivity index (χ0n) is 32.0. The van der Waals surface area contributed by atoms with Gasteiger partial charge in [0.15, 0.2) is 6.29 Å². The molecule has 8 aromatic rings. The van der Waals surface area contributed by atoms with Crippen molar-refractivity contribution in [3.05, 3.63) is 157 Å². The molecule has 10 nitrogen and oxygen atoms in total. The fraction of sp³-hybridized carbons (Fsp3) is 0.156. The Morgan fingerprint density at radius 2 is 0.745 bits per heavy atom. The quantitative estimate of drug-likeness (QED) is 0.179. The Morgan fingerprint density at radius 3 is 1.11 bits per heavy atom. The van der Waals surface area contributed by atoms with Crippen LogP contribution in [0.5, 0.6) is 0 Å². The van der Waals surface area contributed by atoms with Crippen molar-refractivity contribution in [1.29, 1.82) is 0 Å². The lowest BCUT2D eigenvalue weighted by Crippen LogP contribution is -2.45. The number of nitrogens with zero attached hydrogens (tertiary/aromatic N) is 9. The maximum atomic E-state index is 5.07. The molecule has 6 aromatic carbocycles. The van der Waals surface area contributed by atoms with Gasteiger partial charge in [-0.25, -0.2) is 9.98 Å². The summed E-state index contributed by atoms with van der Waals surface area (Å²) in [6, 6.07) is 50.8. The van der Waals surface area contributed by atoms with Gasteiger partial charge in [0.25, 0.3) is 0 Å². The van der Waals surface area contributed by atoms with E-state index in [0.717, 1.165) is 67.4 Å². The molecule has 10 heteroatoms. The third-order valence-electron chi connectivity index (χ3n) is 10.9. The van der Waals surface area contributed by atoms with E-state index in [0.29, 0.717) is 0 Å². The van der Waals surface area contributed by atoms with E-state index in [1.165, 1.54) is 11.4 Å². The van der Waals surface area contributed by atoms with Crippen LogP contribution in [0.4, 0.5) is 45.5 Å². The molecule has 55 heavy (non-hydrogen) atoms. The maximum absolute atomic E-state index is 5.07. The van der Waals surface area contributed by atoms with E-state index < -0.39 is 0 Å². The van der Waals surface area contributed by atoms with Crippen molar-refractivity contribution >= 4 is 67.6 Å². The molecular formula is C45H44N10. The average molecular weight is 725 g/mol. The number of aromatic nitrogens is 4. The van der Waals surface area contributed by atoms with Crippen LogP contribution in [0, 0.1) is 0 Å². The first-order valence-corrected chi connectivity index (χ1v) is 18.5. The van der Waals surface area contributed by atoms with Crippen molar-refractivity contribution in [1.82, 2.24) is 18.3 Å². The fourth-order valence-corrected chi connectivity index (χ4v) is 7.91. The normalized spacial score (nSPS) is 12.8. The largest absolute Gasteiger partial charge is 0.348 e. The Balaban J connectivity index is 1.06. The summed E-state index contributed by atoms with van der Waals surface area (Å²) in [5.74, 6) is 0. The highest BCUT2D eigenvalue weighted by molar-refractivity contribution is 5.81. The van der Waals surface area contributed by atoms with Gasteiger partial charge < -0.3 is 38.3 Å². The Morgan fingerprint density at radius 1 is 0.418 bits per heavy atom. The molecule has 2 aromatic heterocycles. The summed E-state index contributed by atoms with van der Waals surface area (Å²) in [6.45, 7) is 0. The Bertz CT molecular complexity index is 2560. The lowest BCUT2D eigenvalue weighted by Gasteiger charge is -2.30. The van der Waals surface area contributed by atoms with Crippen LogP contribution in [0.15, 0.2) is 156 Å². The minimum atomic E-state index is -0.000759. The summed E-state index contributed by atoms with van der Waals surface area (Å²) in [6.07, 6.45) is -0.000759. The smallest absolute Gasteiger partial charge is 0.210 e.